The Labute approximate surface area is 215 Å². The molecule has 37 heavy (non-hydrogen) atoms. The molecule has 1 atom stereocenters. The molecule has 7 heteroatoms. The number of rotatable bonds is 8. The van der Waals surface area contributed by atoms with Gasteiger partial charge < -0.3 is 19.2 Å². The highest BCUT2D eigenvalue weighted by Crippen LogP contribution is 2.23. The zero-order valence-corrected chi connectivity index (χ0v) is 20.8. The standard InChI is InChI=1S/C30H30N2O5/c1-21-15-29(33)37-28-16-25(11-12-27(21)28)36-20-23-7-9-24(10-8-23)30(34)31-17-26-19-32(13-14-35-26)18-22-5-3-2-4-6-22/h2-12,15-16,26H,13-14,17-20H2,1H3,(H,31,34). The van der Waals surface area contributed by atoms with Gasteiger partial charge in [-0.3, -0.25) is 9.69 Å². The maximum absolute atomic E-state index is 12.7. The SMILES string of the molecule is Cc1cc(=O)oc2cc(OCc3ccc(C(=O)NCC4CN(Cc5ccccc5)CCO4)cc3)ccc12. The number of hydrogen-bond acceptors (Lipinski definition) is 6. The third-order valence-electron chi connectivity index (χ3n) is 6.51. The average molecular weight is 499 g/mol. The molecule has 5 rings (SSSR count). The predicted molar refractivity (Wildman–Crippen MR) is 142 cm³/mol. The maximum Gasteiger partial charge on any atom is 0.336 e. The third kappa shape index (κ3) is 6.44. The van der Waals surface area contributed by atoms with Crippen LogP contribution in [0.15, 0.2) is 88.1 Å². The molecule has 0 spiro atoms. The Bertz CT molecular complexity index is 1420. The molecule has 7 nitrogen and oxygen atoms in total. The normalized spacial score (nSPS) is 16.0. The molecule has 1 fully saturated rings. The van der Waals surface area contributed by atoms with Crippen molar-refractivity contribution in [1.29, 1.82) is 0 Å². The lowest BCUT2D eigenvalue weighted by molar-refractivity contribution is -0.0292. The van der Waals surface area contributed by atoms with Gasteiger partial charge in [-0.2, -0.15) is 0 Å². The number of fused-ring (bicyclic) bond motifs is 1. The van der Waals surface area contributed by atoms with Crippen molar-refractivity contribution in [3.05, 3.63) is 112 Å². The summed E-state index contributed by atoms with van der Waals surface area (Å²) < 4.78 is 17.0. The van der Waals surface area contributed by atoms with Gasteiger partial charge >= 0.3 is 5.63 Å². The van der Waals surface area contributed by atoms with Crippen LogP contribution in [0.3, 0.4) is 0 Å². The van der Waals surface area contributed by atoms with Crippen LogP contribution in [-0.4, -0.2) is 43.2 Å². The van der Waals surface area contributed by atoms with Crippen LogP contribution in [-0.2, 0) is 17.9 Å². The summed E-state index contributed by atoms with van der Waals surface area (Å²) in [6.07, 6.45) is -0.0377. The number of ether oxygens (including phenoxy) is 2. The molecule has 4 aromatic rings. The summed E-state index contributed by atoms with van der Waals surface area (Å²) in [5.74, 6) is 0.480. The fourth-order valence-corrected chi connectivity index (χ4v) is 4.51. The number of carbonyl (C=O) groups is 1. The smallest absolute Gasteiger partial charge is 0.336 e. The molecule has 190 valence electrons. The van der Waals surface area contributed by atoms with E-state index in [9.17, 15) is 9.59 Å². The largest absolute Gasteiger partial charge is 0.489 e. The monoisotopic (exact) mass is 498 g/mol. The molecule has 1 saturated heterocycles. The van der Waals surface area contributed by atoms with Gasteiger partial charge in [0, 0.05) is 49.3 Å². The van der Waals surface area contributed by atoms with Crippen LogP contribution in [0.2, 0.25) is 0 Å². The van der Waals surface area contributed by atoms with Gasteiger partial charge in [0.2, 0.25) is 0 Å². The lowest BCUT2D eigenvalue weighted by Crippen LogP contribution is -2.47. The van der Waals surface area contributed by atoms with Crippen LogP contribution < -0.4 is 15.7 Å². The van der Waals surface area contributed by atoms with E-state index < -0.39 is 0 Å². The number of hydrogen-bond donors (Lipinski definition) is 1. The van der Waals surface area contributed by atoms with Crippen molar-refractivity contribution in [3.8, 4) is 5.75 Å². The number of morpholine rings is 1. The summed E-state index contributed by atoms with van der Waals surface area (Å²) in [5.41, 5.74) is 3.78. The number of aryl methyl sites for hydroxylation is 1. The number of nitrogens with one attached hydrogen (secondary N) is 1. The van der Waals surface area contributed by atoms with E-state index >= 15 is 0 Å². The van der Waals surface area contributed by atoms with Gasteiger partial charge in [-0.15, -0.1) is 0 Å². The Balaban J connectivity index is 1.11. The Hall–Kier alpha value is -3.94. The molecule has 1 aromatic heterocycles. The second-order valence-corrected chi connectivity index (χ2v) is 9.32. The highest BCUT2D eigenvalue weighted by molar-refractivity contribution is 5.94. The van der Waals surface area contributed by atoms with Gasteiger partial charge in [0.1, 0.15) is 17.9 Å². The Morgan fingerprint density at radius 3 is 2.65 bits per heavy atom. The summed E-state index contributed by atoms with van der Waals surface area (Å²) in [7, 11) is 0. The number of benzene rings is 3. The molecule has 1 unspecified atom stereocenters. The molecule has 0 bridgehead atoms. The third-order valence-corrected chi connectivity index (χ3v) is 6.51. The lowest BCUT2D eigenvalue weighted by atomic mass is 10.1. The zero-order valence-electron chi connectivity index (χ0n) is 20.8. The first kappa shape index (κ1) is 24.7. The first-order valence-corrected chi connectivity index (χ1v) is 12.5. The first-order chi connectivity index (χ1) is 18.0. The van der Waals surface area contributed by atoms with Crippen LogP contribution in [0.1, 0.15) is 27.0 Å². The van der Waals surface area contributed by atoms with Crippen molar-refractivity contribution in [3.63, 3.8) is 0 Å². The minimum absolute atomic E-state index is 0.0377. The summed E-state index contributed by atoms with van der Waals surface area (Å²) in [5, 5.41) is 3.88. The minimum Gasteiger partial charge on any atom is -0.489 e. The minimum atomic E-state index is -0.379. The van der Waals surface area contributed by atoms with Crippen LogP contribution >= 0.6 is 0 Å². The van der Waals surface area contributed by atoms with E-state index in [1.165, 1.54) is 11.6 Å². The van der Waals surface area contributed by atoms with E-state index in [4.69, 9.17) is 13.9 Å². The summed E-state index contributed by atoms with van der Waals surface area (Å²) in [6, 6.07) is 24.6. The quantitative estimate of drug-likeness (QED) is 0.365. The Kier molecular flexibility index (Phi) is 7.63. The molecule has 1 N–H and O–H groups in total. The molecule has 1 aliphatic heterocycles. The highest BCUT2D eigenvalue weighted by Gasteiger charge is 2.21. The summed E-state index contributed by atoms with van der Waals surface area (Å²) in [4.78, 5) is 26.7. The first-order valence-electron chi connectivity index (χ1n) is 12.5. The molecule has 2 heterocycles. The van der Waals surface area contributed by atoms with E-state index in [0.29, 0.717) is 36.7 Å². The van der Waals surface area contributed by atoms with Crippen LogP contribution in [0.5, 0.6) is 5.75 Å². The summed E-state index contributed by atoms with van der Waals surface area (Å²) in [6.45, 7) is 5.87. The molecular formula is C30H30N2O5. The van der Waals surface area contributed by atoms with E-state index in [1.54, 1.807) is 18.2 Å². The van der Waals surface area contributed by atoms with Gasteiger partial charge in [-0.1, -0.05) is 42.5 Å². The fraction of sp³-hybridized carbons (Fsp3) is 0.267. The predicted octanol–water partition coefficient (Wildman–Crippen LogP) is 4.31. The number of nitrogens with zero attached hydrogens (tertiary/aromatic N) is 1. The van der Waals surface area contributed by atoms with E-state index in [2.05, 4.69) is 34.5 Å². The zero-order chi connectivity index (χ0) is 25.6. The average Bonchev–Trinajstić information content (AvgIpc) is 2.91. The lowest BCUT2D eigenvalue weighted by Gasteiger charge is -2.33. The van der Waals surface area contributed by atoms with Gasteiger partial charge in [-0.05, 0) is 47.9 Å². The molecule has 0 saturated carbocycles. The van der Waals surface area contributed by atoms with Gasteiger partial charge in [0.25, 0.3) is 5.91 Å². The maximum atomic E-state index is 12.7. The second kappa shape index (κ2) is 11.4. The van der Waals surface area contributed by atoms with Gasteiger partial charge in [-0.25, -0.2) is 4.79 Å². The molecule has 1 amide bonds. The van der Waals surface area contributed by atoms with E-state index in [1.807, 2.05) is 37.3 Å². The second-order valence-electron chi connectivity index (χ2n) is 9.32. The van der Waals surface area contributed by atoms with Crippen molar-refractivity contribution in [1.82, 2.24) is 10.2 Å². The van der Waals surface area contributed by atoms with Gasteiger partial charge in [0.05, 0.1) is 12.7 Å². The number of carbonyl (C=O) groups excluding carboxylic acids is 1. The van der Waals surface area contributed by atoms with Crippen LogP contribution in [0, 0.1) is 6.92 Å². The van der Waals surface area contributed by atoms with Crippen molar-refractivity contribution < 1.29 is 18.7 Å². The molecule has 0 aliphatic carbocycles. The van der Waals surface area contributed by atoms with E-state index in [-0.39, 0.29) is 17.6 Å². The van der Waals surface area contributed by atoms with Crippen molar-refractivity contribution in [2.45, 2.75) is 26.2 Å². The molecule has 0 radical (unpaired) electrons. The number of amides is 1. The molecular weight excluding hydrogens is 468 g/mol. The topological polar surface area (TPSA) is 81.0 Å². The summed E-state index contributed by atoms with van der Waals surface area (Å²) >= 11 is 0. The highest BCUT2D eigenvalue weighted by atomic mass is 16.5. The van der Waals surface area contributed by atoms with Crippen LogP contribution in [0.25, 0.3) is 11.0 Å². The van der Waals surface area contributed by atoms with Gasteiger partial charge in [0.15, 0.2) is 0 Å². The Morgan fingerprint density at radius 2 is 1.84 bits per heavy atom. The molecule has 1 aliphatic rings. The Morgan fingerprint density at radius 1 is 1.03 bits per heavy atom. The molecule has 3 aromatic carbocycles. The van der Waals surface area contributed by atoms with Crippen molar-refractivity contribution in [2.75, 3.05) is 26.2 Å². The van der Waals surface area contributed by atoms with Crippen LogP contribution in [0.4, 0.5) is 0 Å². The van der Waals surface area contributed by atoms with Crippen molar-refractivity contribution in [2.24, 2.45) is 0 Å². The van der Waals surface area contributed by atoms with E-state index in [0.717, 1.165) is 36.1 Å². The fourth-order valence-electron chi connectivity index (χ4n) is 4.51. The van der Waals surface area contributed by atoms with Crippen molar-refractivity contribution >= 4 is 16.9 Å².